The van der Waals surface area contributed by atoms with Crippen LogP contribution in [0.15, 0.2) is 11.0 Å². The minimum atomic E-state index is -0.819. The van der Waals surface area contributed by atoms with Gasteiger partial charge < -0.3 is 25.4 Å². The minimum absolute atomic E-state index is 0.150. The Hall–Kier alpha value is -1.48. The molecule has 0 spiro atoms. The molecular formula is C22H39N3O5. The summed E-state index contributed by atoms with van der Waals surface area (Å²) in [6.45, 7) is 2.85. The average molecular weight is 426 g/mol. The van der Waals surface area contributed by atoms with Crippen molar-refractivity contribution >= 4 is 5.82 Å². The number of ether oxygens (including phenoxy) is 2. The molecule has 2 heterocycles. The molecular weight excluding hydrogens is 386 g/mol. The number of rotatable bonds is 15. The SMILES string of the molecule is CCCCCCCCCCCCOCc1cn([C@H]2C[C@H](O)[C@@H](CO)O2)c(=O)nc1N. The van der Waals surface area contributed by atoms with Crippen molar-refractivity contribution in [1.29, 1.82) is 0 Å². The third kappa shape index (κ3) is 7.98. The summed E-state index contributed by atoms with van der Waals surface area (Å²) >= 11 is 0. The van der Waals surface area contributed by atoms with Gasteiger partial charge in [0.1, 0.15) is 18.1 Å². The zero-order valence-corrected chi connectivity index (χ0v) is 18.3. The summed E-state index contributed by atoms with van der Waals surface area (Å²) in [4.78, 5) is 16.0. The van der Waals surface area contributed by atoms with Crippen LogP contribution in [0, 0.1) is 0 Å². The Morgan fingerprint density at radius 3 is 2.40 bits per heavy atom. The average Bonchev–Trinajstić information content (AvgIpc) is 3.10. The van der Waals surface area contributed by atoms with Gasteiger partial charge in [0.25, 0.3) is 0 Å². The van der Waals surface area contributed by atoms with Crippen LogP contribution >= 0.6 is 0 Å². The Labute approximate surface area is 179 Å². The molecule has 0 amide bonds. The highest BCUT2D eigenvalue weighted by Crippen LogP contribution is 2.27. The molecule has 1 aliphatic heterocycles. The number of anilines is 1. The fourth-order valence-electron chi connectivity index (χ4n) is 3.76. The molecule has 1 aromatic rings. The third-order valence-corrected chi connectivity index (χ3v) is 5.66. The normalized spacial score (nSPS) is 21.4. The van der Waals surface area contributed by atoms with E-state index in [4.69, 9.17) is 15.2 Å². The van der Waals surface area contributed by atoms with E-state index in [2.05, 4.69) is 11.9 Å². The van der Waals surface area contributed by atoms with E-state index in [-0.39, 0.29) is 25.5 Å². The van der Waals surface area contributed by atoms with Crippen molar-refractivity contribution in [2.45, 2.75) is 103 Å². The van der Waals surface area contributed by atoms with Crippen molar-refractivity contribution in [2.24, 2.45) is 0 Å². The van der Waals surface area contributed by atoms with Gasteiger partial charge in [-0.15, -0.1) is 0 Å². The number of hydrogen-bond acceptors (Lipinski definition) is 7. The summed E-state index contributed by atoms with van der Waals surface area (Å²) in [5.41, 5.74) is 5.95. The van der Waals surface area contributed by atoms with Crippen molar-refractivity contribution in [3.8, 4) is 0 Å². The summed E-state index contributed by atoms with van der Waals surface area (Å²) in [5, 5.41) is 19.1. The van der Waals surface area contributed by atoms with Gasteiger partial charge in [0.15, 0.2) is 0 Å². The first-order chi connectivity index (χ1) is 14.6. The van der Waals surface area contributed by atoms with Crippen molar-refractivity contribution in [1.82, 2.24) is 9.55 Å². The number of aliphatic hydroxyl groups is 2. The maximum Gasteiger partial charge on any atom is 0.351 e. The fraction of sp³-hybridized carbons (Fsp3) is 0.818. The number of unbranched alkanes of at least 4 members (excludes halogenated alkanes) is 9. The summed E-state index contributed by atoms with van der Waals surface area (Å²) in [7, 11) is 0. The molecule has 0 saturated carbocycles. The number of aliphatic hydroxyl groups excluding tert-OH is 2. The van der Waals surface area contributed by atoms with Crippen LogP contribution in [0.1, 0.15) is 89.3 Å². The predicted octanol–water partition coefficient (Wildman–Crippen LogP) is 2.90. The molecule has 3 atom stereocenters. The number of nitrogens with two attached hydrogens (primary N) is 1. The summed E-state index contributed by atoms with van der Waals surface area (Å²) < 4.78 is 12.6. The van der Waals surface area contributed by atoms with Crippen LogP contribution in [0.25, 0.3) is 0 Å². The molecule has 1 fully saturated rings. The fourth-order valence-corrected chi connectivity index (χ4v) is 3.76. The molecule has 0 radical (unpaired) electrons. The Balaban J connectivity index is 1.66. The van der Waals surface area contributed by atoms with Gasteiger partial charge in [-0.1, -0.05) is 64.7 Å². The van der Waals surface area contributed by atoms with E-state index in [0.29, 0.717) is 12.2 Å². The van der Waals surface area contributed by atoms with E-state index < -0.39 is 24.1 Å². The van der Waals surface area contributed by atoms with E-state index >= 15 is 0 Å². The second-order valence-corrected chi connectivity index (χ2v) is 8.19. The van der Waals surface area contributed by atoms with Gasteiger partial charge >= 0.3 is 5.69 Å². The number of hydrogen-bond donors (Lipinski definition) is 3. The largest absolute Gasteiger partial charge is 0.394 e. The monoisotopic (exact) mass is 425 g/mol. The molecule has 1 aliphatic rings. The second kappa shape index (κ2) is 13.7. The van der Waals surface area contributed by atoms with Crippen LogP contribution in [-0.4, -0.2) is 45.2 Å². The highest BCUT2D eigenvalue weighted by Gasteiger charge is 2.35. The lowest BCUT2D eigenvalue weighted by Gasteiger charge is -2.16. The molecule has 1 saturated heterocycles. The Kier molecular flexibility index (Phi) is 11.4. The highest BCUT2D eigenvalue weighted by atomic mass is 16.5. The van der Waals surface area contributed by atoms with Crippen LogP contribution in [0.5, 0.6) is 0 Å². The van der Waals surface area contributed by atoms with E-state index in [1.807, 2.05) is 0 Å². The number of nitrogens with zero attached hydrogens (tertiary/aromatic N) is 2. The second-order valence-electron chi connectivity index (χ2n) is 8.19. The lowest BCUT2D eigenvalue weighted by Crippen LogP contribution is -2.29. The molecule has 172 valence electrons. The Bertz CT molecular complexity index is 667. The van der Waals surface area contributed by atoms with Gasteiger partial charge in [0, 0.05) is 24.8 Å². The Morgan fingerprint density at radius 2 is 1.80 bits per heavy atom. The quantitative estimate of drug-likeness (QED) is 0.370. The van der Waals surface area contributed by atoms with Gasteiger partial charge in [0.05, 0.1) is 19.3 Å². The van der Waals surface area contributed by atoms with Crippen LogP contribution in [0.4, 0.5) is 5.82 Å². The molecule has 30 heavy (non-hydrogen) atoms. The van der Waals surface area contributed by atoms with Crippen molar-refractivity contribution in [2.75, 3.05) is 18.9 Å². The van der Waals surface area contributed by atoms with E-state index in [1.54, 1.807) is 6.20 Å². The zero-order valence-electron chi connectivity index (χ0n) is 18.3. The molecule has 0 bridgehead atoms. The van der Waals surface area contributed by atoms with Gasteiger partial charge in [0.2, 0.25) is 0 Å². The van der Waals surface area contributed by atoms with Crippen LogP contribution in [-0.2, 0) is 16.1 Å². The zero-order chi connectivity index (χ0) is 21.8. The molecule has 0 aliphatic carbocycles. The minimum Gasteiger partial charge on any atom is -0.394 e. The maximum atomic E-state index is 12.2. The highest BCUT2D eigenvalue weighted by molar-refractivity contribution is 5.36. The van der Waals surface area contributed by atoms with Crippen molar-refractivity contribution < 1.29 is 19.7 Å². The standard InChI is InChI=1S/C22H39N3O5/c1-2-3-4-5-6-7-8-9-10-11-12-29-16-17-14-25(22(28)24-21(17)23)20-13-18(27)19(15-26)30-20/h14,18-20,26-27H,2-13,15-16H2,1H3,(H2,23,24,28)/t18-,19+,20+/m0/s1. The van der Waals surface area contributed by atoms with Crippen molar-refractivity contribution in [3.63, 3.8) is 0 Å². The van der Waals surface area contributed by atoms with Gasteiger partial charge in [-0.2, -0.15) is 4.98 Å². The Morgan fingerprint density at radius 1 is 1.17 bits per heavy atom. The van der Waals surface area contributed by atoms with Gasteiger partial charge in [-0.25, -0.2) is 4.79 Å². The lowest BCUT2D eigenvalue weighted by molar-refractivity contribution is -0.0460. The van der Waals surface area contributed by atoms with Crippen LogP contribution < -0.4 is 11.4 Å². The van der Waals surface area contributed by atoms with Crippen LogP contribution in [0.2, 0.25) is 0 Å². The topological polar surface area (TPSA) is 120 Å². The first-order valence-electron chi connectivity index (χ1n) is 11.5. The lowest BCUT2D eigenvalue weighted by atomic mass is 10.1. The molecule has 0 unspecified atom stereocenters. The first-order valence-corrected chi connectivity index (χ1v) is 11.5. The number of aromatic nitrogens is 2. The molecule has 2 rings (SSSR count). The molecule has 8 nitrogen and oxygen atoms in total. The maximum absolute atomic E-state index is 12.2. The molecule has 8 heteroatoms. The molecule has 4 N–H and O–H groups in total. The van der Waals surface area contributed by atoms with E-state index in [9.17, 15) is 15.0 Å². The smallest absolute Gasteiger partial charge is 0.351 e. The number of nitrogen functional groups attached to an aromatic ring is 1. The molecule has 1 aromatic heterocycles. The van der Waals surface area contributed by atoms with E-state index in [0.717, 1.165) is 12.8 Å². The molecule has 0 aromatic carbocycles. The van der Waals surface area contributed by atoms with Crippen molar-refractivity contribution in [3.05, 3.63) is 22.2 Å². The third-order valence-electron chi connectivity index (χ3n) is 5.66. The van der Waals surface area contributed by atoms with Gasteiger partial charge in [-0.05, 0) is 6.42 Å². The predicted molar refractivity (Wildman–Crippen MR) is 116 cm³/mol. The summed E-state index contributed by atoms with van der Waals surface area (Å²) in [6.07, 6.45) is 12.3. The van der Waals surface area contributed by atoms with Gasteiger partial charge in [-0.3, -0.25) is 4.57 Å². The van der Waals surface area contributed by atoms with E-state index in [1.165, 1.54) is 55.9 Å². The first kappa shape index (κ1) is 24.8. The van der Waals surface area contributed by atoms with Crippen LogP contribution in [0.3, 0.4) is 0 Å². The summed E-state index contributed by atoms with van der Waals surface area (Å²) in [5.74, 6) is 0.150. The summed E-state index contributed by atoms with van der Waals surface area (Å²) in [6, 6.07) is 0.